The van der Waals surface area contributed by atoms with Crippen LogP contribution in [0.3, 0.4) is 0 Å². The van der Waals surface area contributed by atoms with Crippen LogP contribution in [0.25, 0.3) is 11.4 Å². The van der Waals surface area contributed by atoms with Crippen LogP contribution in [-0.2, 0) is 0 Å². The zero-order valence-electron chi connectivity index (χ0n) is 11.7. The Morgan fingerprint density at radius 3 is 2.80 bits per heavy atom. The SMILES string of the molecule is CCC(NC)C(C)c1nc(-c2ccc(F)c(Br)c2)no1. The Morgan fingerprint density at radius 1 is 1.45 bits per heavy atom. The van der Waals surface area contributed by atoms with Gasteiger partial charge in [-0.1, -0.05) is 19.0 Å². The summed E-state index contributed by atoms with van der Waals surface area (Å²) in [5.41, 5.74) is 0.720. The molecule has 1 N–H and O–H groups in total. The van der Waals surface area contributed by atoms with Crippen LogP contribution in [0.2, 0.25) is 0 Å². The first-order chi connectivity index (χ1) is 9.56. The Bertz CT molecular complexity index is 584. The molecular weight excluding hydrogens is 325 g/mol. The summed E-state index contributed by atoms with van der Waals surface area (Å²) >= 11 is 3.15. The van der Waals surface area contributed by atoms with Gasteiger partial charge in [-0.15, -0.1) is 0 Å². The minimum absolute atomic E-state index is 0.120. The summed E-state index contributed by atoms with van der Waals surface area (Å²) in [7, 11) is 1.92. The second-order valence-corrected chi connectivity index (χ2v) is 5.53. The molecule has 6 heteroatoms. The maximum atomic E-state index is 13.2. The predicted molar refractivity (Wildman–Crippen MR) is 78.9 cm³/mol. The molecule has 0 bridgehead atoms. The number of benzene rings is 1. The first kappa shape index (κ1) is 15.1. The maximum absolute atomic E-state index is 13.2. The van der Waals surface area contributed by atoms with E-state index in [0.717, 1.165) is 12.0 Å². The van der Waals surface area contributed by atoms with Crippen molar-refractivity contribution in [3.05, 3.63) is 34.4 Å². The summed E-state index contributed by atoms with van der Waals surface area (Å²) < 4.78 is 18.9. The molecule has 4 nitrogen and oxygen atoms in total. The highest BCUT2D eigenvalue weighted by Gasteiger charge is 2.22. The zero-order valence-corrected chi connectivity index (χ0v) is 13.2. The fourth-order valence-corrected chi connectivity index (χ4v) is 2.53. The number of nitrogens with one attached hydrogen (secondary N) is 1. The Hall–Kier alpha value is -1.27. The first-order valence-electron chi connectivity index (χ1n) is 6.53. The van der Waals surface area contributed by atoms with Crippen LogP contribution in [-0.4, -0.2) is 23.2 Å². The fourth-order valence-electron chi connectivity index (χ4n) is 2.15. The number of nitrogens with zero attached hydrogens (tertiary/aromatic N) is 2. The largest absolute Gasteiger partial charge is 0.339 e. The van der Waals surface area contributed by atoms with Gasteiger partial charge in [-0.05, 0) is 47.6 Å². The normalized spacial score (nSPS) is 14.2. The predicted octanol–water partition coefficient (Wildman–Crippen LogP) is 3.74. The molecule has 0 aliphatic rings. The highest BCUT2D eigenvalue weighted by atomic mass is 79.9. The quantitative estimate of drug-likeness (QED) is 0.899. The van der Waals surface area contributed by atoms with E-state index in [1.165, 1.54) is 6.07 Å². The topological polar surface area (TPSA) is 51.0 Å². The van der Waals surface area contributed by atoms with Crippen molar-refractivity contribution in [2.24, 2.45) is 0 Å². The first-order valence-corrected chi connectivity index (χ1v) is 7.32. The van der Waals surface area contributed by atoms with Crippen LogP contribution in [0.15, 0.2) is 27.2 Å². The molecule has 2 unspecified atom stereocenters. The van der Waals surface area contributed by atoms with Crippen molar-refractivity contribution in [3.63, 3.8) is 0 Å². The number of hydrogen-bond donors (Lipinski definition) is 1. The lowest BCUT2D eigenvalue weighted by atomic mass is 10.00. The highest BCUT2D eigenvalue weighted by Crippen LogP contribution is 2.26. The molecular formula is C14H17BrFN3O. The van der Waals surface area contributed by atoms with Gasteiger partial charge in [0, 0.05) is 11.6 Å². The molecule has 1 aromatic carbocycles. The van der Waals surface area contributed by atoms with Crippen LogP contribution in [0.5, 0.6) is 0 Å². The van der Waals surface area contributed by atoms with Crippen LogP contribution >= 0.6 is 15.9 Å². The molecule has 0 amide bonds. The van der Waals surface area contributed by atoms with Crippen molar-refractivity contribution in [3.8, 4) is 11.4 Å². The lowest BCUT2D eigenvalue weighted by Crippen LogP contribution is -2.30. The average Bonchev–Trinajstić information content (AvgIpc) is 2.93. The van der Waals surface area contributed by atoms with E-state index in [1.807, 2.05) is 14.0 Å². The fraction of sp³-hybridized carbons (Fsp3) is 0.429. The smallest absolute Gasteiger partial charge is 0.231 e. The van der Waals surface area contributed by atoms with Crippen LogP contribution in [0, 0.1) is 5.82 Å². The maximum Gasteiger partial charge on any atom is 0.231 e. The van der Waals surface area contributed by atoms with Crippen molar-refractivity contribution < 1.29 is 8.91 Å². The Balaban J connectivity index is 2.26. The van der Waals surface area contributed by atoms with E-state index in [9.17, 15) is 4.39 Å². The van der Waals surface area contributed by atoms with Crippen molar-refractivity contribution >= 4 is 15.9 Å². The highest BCUT2D eigenvalue weighted by molar-refractivity contribution is 9.10. The molecule has 0 aliphatic heterocycles. The van der Waals surface area contributed by atoms with E-state index < -0.39 is 0 Å². The summed E-state index contributed by atoms with van der Waals surface area (Å²) in [6.45, 7) is 4.15. The summed E-state index contributed by atoms with van der Waals surface area (Å²) in [6, 6.07) is 4.93. The van der Waals surface area contributed by atoms with Gasteiger partial charge in [0.2, 0.25) is 11.7 Å². The van der Waals surface area contributed by atoms with E-state index in [0.29, 0.717) is 16.2 Å². The molecule has 1 heterocycles. The van der Waals surface area contributed by atoms with Gasteiger partial charge in [0.1, 0.15) is 5.82 Å². The Labute approximate surface area is 125 Å². The molecule has 20 heavy (non-hydrogen) atoms. The summed E-state index contributed by atoms with van der Waals surface area (Å²) in [5, 5.41) is 7.20. The zero-order chi connectivity index (χ0) is 14.7. The van der Waals surface area contributed by atoms with Gasteiger partial charge in [-0.25, -0.2) is 4.39 Å². The number of halogens is 2. The van der Waals surface area contributed by atoms with E-state index in [2.05, 4.69) is 38.3 Å². The van der Waals surface area contributed by atoms with Crippen molar-refractivity contribution in [1.82, 2.24) is 15.5 Å². The Kier molecular flexibility index (Phi) is 4.88. The number of aromatic nitrogens is 2. The third-order valence-corrected chi connectivity index (χ3v) is 4.03. The monoisotopic (exact) mass is 341 g/mol. The van der Waals surface area contributed by atoms with Gasteiger partial charge < -0.3 is 9.84 Å². The molecule has 2 rings (SSSR count). The van der Waals surface area contributed by atoms with Gasteiger partial charge in [0.25, 0.3) is 0 Å². The third-order valence-electron chi connectivity index (χ3n) is 3.42. The molecule has 0 radical (unpaired) electrons. The molecule has 0 aliphatic carbocycles. The molecule has 0 saturated carbocycles. The molecule has 108 valence electrons. The van der Waals surface area contributed by atoms with Gasteiger partial charge in [0.15, 0.2) is 0 Å². The second-order valence-electron chi connectivity index (χ2n) is 4.68. The summed E-state index contributed by atoms with van der Waals surface area (Å²) in [4.78, 5) is 4.41. The van der Waals surface area contributed by atoms with E-state index in [4.69, 9.17) is 4.52 Å². The molecule has 0 spiro atoms. The minimum atomic E-state index is -0.313. The van der Waals surface area contributed by atoms with Gasteiger partial charge in [-0.2, -0.15) is 4.98 Å². The Morgan fingerprint density at radius 2 is 2.20 bits per heavy atom. The number of likely N-dealkylation sites (N-methyl/N-ethyl adjacent to an activating group) is 1. The van der Waals surface area contributed by atoms with E-state index in [-0.39, 0.29) is 17.8 Å². The van der Waals surface area contributed by atoms with Crippen LogP contribution < -0.4 is 5.32 Å². The van der Waals surface area contributed by atoms with Crippen LogP contribution in [0.1, 0.15) is 32.1 Å². The summed E-state index contributed by atoms with van der Waals surface area (Å²) in [6.07, 6.45) is 0.970. The average molecular weight is 342 g/mol. The van der Waals surface area contributed by atoms with Crippen LogP contribution in [0.4, 0.5) is 4.39 Å². The number of hydrogen-bond acceptors (Lipinski definition) is 4. The third kappa shape index (κ3) is 3.07. The van der Waals surface area contributed by atoms with Crippen molar-refractivity contribution in [1.29, 1.82) is 0 Å². The van der Waals surface area contributed by atoms with Gasteiger partial charge in [0.05, 0.1) is 10.4 Å². The van der Waals surface area contributed by atoms with Gasteiger partial charge in [-0.3, -0.25) is 0 Å². The standard InChI is InChI=1S/C14H17BrFN3O/c1-4-12(17-3)8(2)14-18-13(19-20-14)9-5-6-11(16)10(15)7-9/h5-8,12,17H,4H2,1-3H3. The van der Waals surface area contributed by atoms with Crippen molar-refractivity contribution in [2.75, 3.05) is 7.05 Å². The molecule has 2 aromatic rings. The molecule has 2 atom stereocenters. The van der Waals surface area contributed by atoms with E-state index in [1.54, 1.807) is 12.1 Å². The number of rotatable bonds is 5. The molecule has 1 aromatic heterocycles. The van der Waals surface area contributed by atoms with E-state index >= 15 is 0 Å². The summed E-state index contributed by atoms with van der Waals surface area (Å²) in [5.74, 6) is 0.863. The minimum Gasteiger partial charge on any atom is -0.339 e. The molecule has 0 saturated heterocycles. The van der Waals surface area contributed by atoms with Crippen molar-refractivity contribution in [2.45, 2.75) is 32.2 Å². The lowest BCUT2D eigenvalue weighted by molar-refractivity contribution is 0.326. The lowest BCUT2D eigenvalue weighted by Gasteiger charge is -2.18. The molecule has 0 fully saturated rings. The van der Waals surface area contributed by atoms with Gasteiger partial charge >= 0.3 is 0 Å². The second kappa shape index (κ2) is 6.45.